The molecule has 0 radical (unpaired) electrons. The summed E-state index contributed by atoms with van der Waals surface area (Å²) in [5.41, 5.74) is 4.50. The highest BCUT2D eigenvalue weighted by Crippen LogP contribution is 2.20. The van der Waals surface area contributed by atoms with Crippen molar-refractivity contribution in [2.75, 3.05) is 27.2 Å². The molecule has 17 heavy (non-hydrogen) atoms. The number of likely N-dealkylation sites (N-methyl/N-ethyl adjacent to an activating group) is 1. The molecule has 0 saturated heterocycles. The Morgan fingerprint density at radius 2 is 1.76 bits per heavy atom. The van der Waals surface area contributed by atoms with Crippen LogP contribution in [0.1, 0.15) is 0 Å². The van der Waals surface area contributed by atoms with E-state index in [4.69, 9.17) is 4.74 Å². The maximum Gasteiger partial charge on any atom is 0.120 e. The molecule has 0 spiro atoms. The van der Waals surface area contributed by atoms with Crippen molar-refractivity contribution in [3.63, 3.8) is 0 Å². The van der Waals surface area contributed by atoms with Crippen molar-refractivity contribution in [3.05, 3.63) is 42.5 Å². The van der Waals surface area contributed by atoms with Gasteiger partial charge in [0.2, 0.25) is 0 Å². The second-order valence-electron chi connectivity index (χ2n) is 3.46. The van der Waals surface area contributed by atoms with Crippen molar-refractivity contribution in [3.8, 4) is 5.75 Å². The lowest BCUT2D eigenvalue weighted by Gasteiger charge is -2.06. The van der Waals surface area contributed by atoms with E-state index in [0.717, 1.165) is 12.3 Å². The molecule has 3 heteroatoms. The van der Waals surface area contributed by atoms with Crippen LogP contribution in [0, 0.1) is 0 Å². The van der Waals surface area contributed by atoms with E-state index in [0.29, 0.717) is 6.61 Å². The molecule has 2 rings (SSSR count). The highest BCUT2D eigenvalue weighted by molar-refractivity contribution is 5.83. The van der Waals surface area contributed by atoms with E-state index in [1.54, 1.807) is 0 Å². The molecule has 0 atom stereocenters. The zero-order valence-corrected chi connectivity index (χ0v) is 10.4. The summed E-state index contributed by atoms with van der Waals surface area (Å²) in [5, 5.41) is 5.52. The van der Waals surface area contributed by atoms with Gasteiger partial charge in [-0.25, -0.2) is 0 Å². The lowest BCUT2D eigenvalue weighted by molar-refractivity contribution is 0.319. The molecule has 0 aliphatic rings. The van der Waals surface area contributed by atoms with Crippen LogP contribution in [-0.2, 0) is 0 Å². The van der Waals surface area contributed by atoms with Crippen molar-refractivity contribution >= 4 is 10.8 Å². The Morgan fingerprint density at radius 3 is 2.47 bits per heavy atom. The summed E-state index contributed by atoms with van der Waals surface area (Å²) in [6, 6.07) is 14.5. The maximum absolute atomic E-state index is 5.59. The molecule has 0 unspecified atom stereocenters. The van der Waals surface area contributed by atoms with Crippen LogP contribution in [0.2, 0.25) is 0 Å². The molecule has 3 N–H and O–H groups in total. The Morgan fingerprint density at radius 1 is 1.06 bits per heavy atom. The van der Waals surface area contributed by atoms with Gasteiger partial charge in [-0.2, -0.15) is 0 Å². The van der Waals surface area contributed by atoms with Crippen molar-refractivity contribution < 1.29 is 4.74 Å². The third-order valence-corrected chi connectivity index (χ3v) is 2.34. The van der Waals surface area contributed by atoms with Crippen LogP contribution >= 0.6 is 0 Å². The van der Waals surface area contributed by atoms with E-state index in [-0.39, 0.29) is 0 Å². The molecule has 0 aromatic heterocycles. The lowest BCUT2D eigenvalue weighted by atomic mass is 10.1. The Kier molecular flexibility index (Phi) is 6.07. The Bertz CT molecular complexity index is 443. The number of rotatable bonds is 4. The summed E-state index contributed by atoms with van der Waals surface area (Å²) in [5.74, 6) is 0.934. The highest BCUT2D eigenvalue weighted by atomic mass is 16.5. The highest BCUT2D eigenvalue weighted by Gasteiger charge is 1.95. The second kappa shape index (κ2) is 7.65. The van der Waals surface area contributed by atoms with Crippen molar-refractivity contribution in [1.29, 1.82) is 0 Å². The third-order valence-electron chi connectivity index (χ3n) is 2.34. The molecule has 0 aliphatic heterocycles. The fraction of sp³-hybridized carbons (Fsp3) is 0.286. The van der Waals surface area contributed by atoms with Crippen LogP contribution < -0.4 is 15.8 Å². The van der Waals surface area contributed by atoms with Crippen LogP contribution in [0.25, 0.3) is 10.8 Å². The minimum absolute atomic E-state index is 0.703. The van der Waals surface area contributed by atoms with Gasteiger partial charge in [-0.3, -0.25) is 0 Å². The number of hydrogen-bond donors (Lipinski definition) is 2. The number of nitrogens with one attached hydrogen (secondary N) is 1. The summed E-state index contributed by atoms with van der Waals surface area (Å²) < 4.78 is 5.59. The number of hydrogen-bond acceptors (Lipinski definition) is 3. The van der Waals surface area contributed by atoms with Crippen LogP contribution in [-0.4, -0.2) is 27.2 Å². The van der Waals surface area contributed by atoms with Gasteiger partial charge in [-0.1, -0.05) is 30.3 Å². The van der Waals surface area contributed by atoms with Gasteiger partial charge >= 0.3 is 0 Å². The smallest absolute Gasteiger partial charge is 0.120 e. The van der Waals surface area contributed by atoms with E-state index >= 15 is 0 Å². The Labute approximate surface area is 103 Å². The minimum Gasteiger partial charge on any atom is -0.492 e. The molecule has 92 valence electrons. The molecular weight excluding hydrogens is 212 g/mol. The molecule has 3 nitrogen and oxygen atoms in total. The molecule has 2 aromatic rings. The molecule has 0 aliphatic carbocycles. The Balaban J connectivity index is 0.000000686. The van der Waals surface area contributed by atoms with Crippen LogP contribution in [0.15, 0.2) is 42.5 Å². The van der Waals surface area contributed by atoms with E-state index in [1.165, 1.54) is 17.8 Å². The van der Waals surface area contributed by atoms with Gasteiger partial charge in [0.15, 0.2) is 0 Å². The molecule has 2 aromatic carbocycles. The minimum atomic E-state index is 0.703. The second-order valence-corrected chi connectivity index (χ2v) is 3.46. The zero-order valence-electron chi connectivity index (χ0n) is 10.4. The molecule has 0 fully saturated rings. The molecule has 0 heterocycles. The zero-order chi connectivity index (χ0) is 12.5. The first-order valence-electron chi connectivity index (χ1n) is 5.74. The number of benzene rings is 2. The largest absolute Gasteiger partial charge is 0.492 e. The molecule has 0 bridgehead atoms. The summed E-state index contributed by atoms with van der Waals surface area (Å²) in [6.45, 7) is 1.57. The SMILES string of the molecule is CN.CNCCOc1ccc2ccccc2c1. The van der Waals surface area contributed by atoms with E-state index in [2.05, 4.69) is 35.3 Å². The summed E-state index contributed by atoms with van der Waals surface area (Å²) in [7, 11) is 3.42. The molecule has 0 amide bonds. The quantitative estimate of drug-likeness (QED) is 0.793. The van der Waals surface area contributed by atoms with Crippen molar-refractivity contribution in [2.45, 2.75) is 0 Å². The normalized spacial score (nSPS) is 9.59. The van der Waals surface area contributed by atoms with Crippen LogP contribution in [0.3, 0.4) is 0 Å². The fourth-order valence-electron chi connectivity index (χ4n) is 1.53. The Hall–Kier alpha value is -1.58. The number of ether oxygens (including phenoxy) is 1. The number of fused-ring (bicyclic) bond motifs is 1. The lowest BCUT2D eigenvalue weighted by Crippen LogP contribution is -2.15. The maximum atomic E-state index is 5.59. The van der Waals surface area contributed by atoms with Gasteiger partial charge < -0.3 is 15.8 Å². The predicted molar refractivity (Wildman–Crippen MR) is 73.5 cm³/mol. The fourth-order valence-corrected chi connectivity index (χ4v) is 1.53. The number of nitrogens with two attached hydrogens (primary N) is 1. The average molecular weight is 232 g/mol. The van der Waals surface area contributed by atoms with Crippen molar-refractivity contribution in [2.24, 2.45) is 5.73 Å². The summed E-state index contributed by atoms with van der Waals surface area (Å²) >= 11 is 0. The standard InChI is InChI=1S/C13H15NO.CH5N/c1-14-8-9-15-13-7-6-11-4-2-3-5-12(11)10-13;1-2/h2-7,10,14H,8-9H2,1H3;2H2,1H3. The van der Waals surface area contributed by atoms with Gasteiger partial charge in [0.25, 0.3) is 0 Å². The van der Waals surface area contributed by atoms with Gasteiger partial charge in [-0.15, -0.1) is 0 Å². The topological polar surface area (TPSA) is 47.3 Å². The van der Waals surface area contributed by atoms with E-state index < -0.39 is 0 Å². The van der Waals surface area contributed by atoms with Gasteiger partial charge in [-0.05, 0) is 37.0 Å². The molecule has 0 saturated carbocycles. The van der Waals surface area contributed by atoms with E-state index in [1.807, 2.05) is 25.2 Å². The monoisotopic (exact) mass is 232 g/mol. The van der Waals surface area contributed by atoms with E-state index in [9.17, 15) is 0 Å². The first-order chi connectivity index (χ1) is 8.40. The predicted octanol–water partition coefficient (Wildman–Crippen LogP) is 2.01. The average Bonchev–Trinajstić information content (AvgIpc) is 2.41. The van der Waals surface area contributed by atoms with Gasteiger partial charge in [0.05, 0.1) is 0 Å². The first kappa shape index (κ1) is 13.5. The van der Waals surface area contributed by atoms with Crippen LogP contribution in [0.5, 0.6) is 5.75 Å². The molecular formula is C14H20N2O. The van der Waals surface area contributed by atoms with Gasteiger partial charge in [0, 0.05) is 6.54 Å². The van der Waals surface area contributed by atoms with Gasteiger partial charge in [0.1, 0.15) is 12.4 Å². The first-order valence-corrected chi connectivity index (χ1v) is 5.74. The summed E-state index contributed by atoms with van der Waals surface area (Å²) in [4.78, 5) is 0. The van der Waals surface area contributed by atoms with Crippen molar-refractivity contribution in [1.82, 2.24) is 5.32 Å². The summed E-state index contributed by atoms with van der Waals surface area (Å²) in [6.07, 6.45) is 0. The third kappa shape index (κ3) is 4.06. The van der Waals surface area contributed by atoms with Crippen LogP contribution in [0.4, 0.5) is 0 Å².